The number of carbonyl (C=O) groups excluding carboxylic acids is 2. The van der Waals surface area contributed by atoms with Gasteiger partial charge in [0, 0.05) is 44.8 Å². The van der Waals surface area contributed by atoms with Gasteiger partial charge in [0.2, 0.25) is 15.9 Å². The number of carbonyl (C=O) groups is 2. The van der Waals surface area contributed by atoms with Crippen molar-refractivity contribution in [1.82, 2.24) is 19.4 Å². The Labute approximate surface area is 172 Å². The van der Waals surface area contributed by atoms with Crippen LogP contribution < -0.4 is 5.32 Å². The van der Waals surface area contributed by atoms with E-state index in [1.807, 2.05) is 0 Å². The lowest BCUT2D eigenvalue weighted by atomic mass is 10.2. The molecule has 2 amide bonds. The SMILES string of the molecule is O=C1CN(S(=O)(=O)c2cccc(C(=O)N3CCCN(CC(F)(F)F)CC3)c2)CCN1. The minimum atomic E-state index is -4.30. The van der Waals surface area contributed by atoms with Crippen molar-refractivity contribution in [2.45, 2.75) is 17.5 Å². The van der Waals surface area contributed by atoms with Crippen molar-refractivity contribution in [3.8, 4) is 0 Å². The third kappa shape index (κ3) is 5.49. The van der Waals surface area contributed by atoms with Crippen molar-refractivity contribution < 1.29 is 31.2 Å². The lowest BCUT2D eigenvalue weighted by molar-refractivity contribution is -0.145. The van der Waals surface area contributed by atoms with Crippen LogP contribution in [0.1, 0.15) is 16.8 Å². The molecule has 3 rings (SSSR count). The van der Waals surface area contributed by atoms with Gasteiger partial charge >= 0.3 is 6.18 Å². The second-order valence-electron chi connectivity index (χ2n) is 7.25. The first-order chi connectivity index (χ1) is 14.1. The zero-order chi connectivity index (χ0) is 21.9. The summed E-state index contributed by atoms with van der Waals surface area (Å²) in [5.74, 6) is -0.831. The van der Waals surface area contributed by atoms with Crippen LogP contribution in [0.25, 0.3) is 0 Å². The van der Waals surface area contributed by atoms with Gasteiger partial charge in [-0.05, 0) is 24.6 Å². The predicted octanol–water partition coefficient (Wildman–Crippen LogP) is 0.517. The number of amides is 2. The summed E-state index contributed by atoms with van der Waals surface area (Å²) in [5.41, 5.74) is 0.141. The van der Waals surface area contributed by atoms with E-state index in [4.69, 9.17) is 0 Å². The highest BCUT2D eigenvalue weighted by Gasteiger charge is 2.33. The van der Waals surface area contributed by atoms with E-state index in [2.05, 4.69) is 5.32 Å². The quantitative estimate of drug-likeness (QED) is 0.726. The molecule has 0 atom stereocenters. The monoisotopic (exact) mass is 448 g/mol. The van der Waals surface area contributed by atoms with Gasteiger partial charge in [-0.25, -0.2) is 8.42 Å². The number of piperazine rings is 1. The predicted molar refractivity (Wildman–Crippen MR) is 101 cm³/mol. The maximum atomic E-state index is 12.9. The molecule has 2 fully saturated rings. The van der Waals surface area contributed by atoms with Gasteiger partial charge in [0.05, 0.1) is 18.0 Å². The Morgan fingerprint density at radius 3 is 2.57 bits per heavy atom. The van der Waals surface area contributed by atoms with E-state index >= 15 is 0 Å². The molecule has 12 heteroatoms. The Kier molecular flexibility index (Phi) is 6.68. The van der Waals surface area contributed by atoms with Crippen LogP contribution >= 0.6 is 0 Å². The highest BCUT2D eigenvalue weighted by Crippen LogP contribution is 2.21. The minimum Gasteiger partial charge on any atom is -0.354 e. The summed E-state index contributed by atoms with van der Waals surface area (Å²) in [6.07, 6.45) is -3.91. The van der Waals surface area contributed by atoms with Crippen LogP contribution in [-0.2, 0) is 14.8 Å². The zero-order valence-corrected chi connectivity index (χ0v) is 17.0. The molecule has 0 saturated carbocycles. The summed E-state index contributed by atoms with van der Waals surface area (Å²) < 4.78 is 64.6. The standard InChI is InChI=1S/C18H23F3N4O4S/c19-18(20,21)13-23-6-2-7-24(10-9-23)17(27)14-3-1-4-15(11-14)30(28,29)25-8-5-22-16(26)12-25/h1,3-4,11H,2,5-10,12-13H2,(H,22,26). The van der Waals surface area contributed by atoms with Crippen molar-refractivity contribution in [3.63, 3.8) is 0 Å². The molecular formula is C18H23F3N4O4S. The van der Waals surface area contributed by atoms with Crippen molar-refractivity contribution in [3.05, 3.63) is 29.8 Å². The van der Waals surface area contributed by atoms with Gasteiger partial charge in [0.15, 0.2) is 0 Å². The molecule has 2 aliphatic heterocycles. The van der Waals surface area contributed by atoms with E-state index in [1.165, 1.54) is 34.1 Å². The number of sulfonamides is 1. The first-order valence-corrected chi connectivity index (χ1v) is 11.0. The number of alkyl halides is 3. The molecule has 0 radical (unpaired) electrons. The lowest BCUT2D eigenvalue weighted by Crippen LogP contribution is -2.49. The second-order valence-corrected chi connectivity index (χ2v) is 9.19. The number of benzene rings is 1. The fourth-order valence-corrected chi connectivity index (χ4v) is 4.97. The summed E-state index contributed by atoms with van der Waals surface area (Å²) >= 11 is 0. The van der Waals surface area contributed by atoms with Crippen LogP contribution in [0.5, 0.6) is 0 Å². The van der Waals surface area contributed by atoms with Crippen molar-refractivity contribution in [2.75, 3.05) is 52.4 Å². The number of hydrogen-bond acceptors (Lipinski definition) is 5. The van der Waals surface area contributed by atoms with Crippen LogP contribution in [0, 0.1) is 0 Å². The van der Waals surface area contributed by atoms with E-state index < -0.39 is 34.6 Å². The van der Waals surface area contributed by atoms with E-state index in [0.29, 0.717) is 6.42 Å². The van der Waals surface area contributed by atoms with Crippen LogP contribution in [-0.4, -0.2) is 92.9 Å². The van der Waals surface area contributed by atoms with Gasteiger partial charge in [-0.3, -0.25) is 14.5 Å². The molecule has 0 aromatic heterocycles. The zero-order valence-electron chi connectivity index (χ0n) is 16.2. The Balaban J connectivity index is 1.72. The normalized spacial score (nSPS) is 20.0. The molecule has 8 nitrogen and oxygen atoms in total. The fourth-order valence-electron chi connectivity index (χ4n) is 3.53. The van der Waals surface area contributed by atoms with Crippen LogP contribution in [0.4, 0.5) is 13.2 Å². The third-order valence-corrected chi connectivity index (χ3v) is 6.84. The fraction of sp³-hybridized carbons (Fsp3) is 0.556. The average molecular weight is 448 g/mol. The maximum absolute atomic E-state index is 12.9. The Hall–Kier alpha value is -2.18. The number of nitrogens with zero attached hydrogens (tertiary/aromatic N) is 3. The molecule has 1 aromatic rings. The van der Waals surface area contributed by atoms with Gasteiger partial charge in [-0.2, -0.15) is 17.5 Å². The number of halogens is 3. The molecular weight excluding hydrogens is 425 g/mol. The van der Waals surface area contributed by atoms with E-state index in [1.54, 1.807) is 0 Å². The number of nitrogens with one attached hydrogen (secondary N) is 1. The van der Waals surface area contributed by atoms with E-state index in [0.717, 1.165) is 4.31 Å². The highest BCUT2D eigenvalue weighted by molar-refractivity contribution is 7.89. The van der Waals surface area contributed by atoms with Gasteiger partial charge in [0.1, 0.15) is 0 Å². The lowest BCUT2D eigenvalue weighted by Gasteiger charge is -2.26. The summed E-state index contributed by atoms with van der Waals surface area (Å²) in [4.78, 5) is 27.0. The van der Waals surface area contributed by atoms with Crippen LogP contribution in [0.2, 0.25) is 0 Å². The average Bonchev–Trinajstić information content (AvgIpc) is 2.91. The molecule has 2 aliphatic rings. The second kappa shape index (κ2) is 8.90. The topological polar surface area (TPSA) is 90.0 Å². The van der Waals surface area contributed by atoms with Gasteiger partial charge in [0.25, 0.3) is 5.91 Å². The van der Waals surface area contributed by atoms with Crippen molar-refractivity contribution in [1.29, 1.82) is 0 Å². The van der Waals surface area contributed by atoms with Crippen molar-refractivity contribution in [2.24, 2.45) is 0 Å². The molecule has 2 saturated heterocycles. The van der Waals surface area contributed by atoms with Gasteiger partial charge in [-0.1, -0.05) is 6.07 Å². The van der Waals surface area contributed by atoms with Gasteiger partial charge < -0.3 is 10.2 Å². The van der Waals surface area contributed by atoms with Crippen molar-refractivity contribution >= 4 is 21.8 Å². The highest BCUT2D eigenvalue weighted by atomic mass is 32.2. The molecule has 166 valence electrons. The Morgan fingerprint density at radius 2 is 1.87 bits per heavy atom. The van der Waals surface area contributed by atoms with E-state index in [9.17, 15) is 31.2 Å². The molecule has 1 aromatic carbocycles. The molecule has 0 bridgehead atoms. The Morgan fingerprint density at radius 1 is 1.10 bits per heavy atom. The first kappa shape index (κ1) is 22.5. The number of rotatable bonds is 4. The van der Waals surface area contributed by atoms with E-state index in [-0.39, 0.29) is 56.3 Å². The third-order valence-electron chi connectivity index (χ3n) is 5.00. The summed E-state index contributed by atoms with van der Waals surface area (Å²) in [7, 11) is -3.95. The smallest absolute Gasteiger partial charge is 0.354 e. The summed E-state index contributed by atoms with van der Waals surface area (Å²) in [6, 6.07) is 5.52. The molecule has 2 heterocycles. The molecule has 0 spiro atoms. The Bertz CT molecular complexity index is 907. The maximum Gasteiger partial charge on any atom is 0.401 e. The molecule has 1 N–H and O–H groups in total. The molecule has 0 unspecified atom stereocenters. The largest absolute Gasteiger partial charge is 0.401 e. The molecule has 0 aliphatic carbocycles. The van der Waals surface area contributed by atoms with Crippen LogP contribution in [0.3, 0.4) is 0 Å². The van der Waals surface area contributed by atoms with Gasteiger partial charge in [-0.15, -0.1) is 0 Å². The van der Waals surface area contributed by atoms with Crippen LogP contribution in [0.15, 0.2) is 29.2 Å². The summed E-state index contributed by atoms with van der Waals surface area (Å²) in [5, 5.41) is 2.55. The minimum absolute atomic E-state index is 0.0894. The number of hydrogen-bond donors (Lipinski definition) is 1. The molecule has 30 heavy (non-hydrogen) atoms. The summed E-state index contributed by atoms with van der Waals surface area (Å²) in [6.45, 7) is -0.240. The first-order valence-electron chi connectivity index (χ1n) is 9.51.